The minimum absolute atomic E-state index is 0.525. The smallest absolute Gasteiger partial charge is 0.0899 e. The molecule has 0 radical (unpaired) electrons. The highest BCUT2D eigenvalue weighted by Gasteiger charge is 2.42. The fraction of sp³-hybridized carbons (Fsp3) is 0.538. The second-order valence-electron chi connectivity index (χ2n) is 4.68. The van der Waals surface area contributed by atoms with Gasteiger partial charge in [0.15, 0.2) is 0 Å². The highest BCUT2D eigenvalue weighted by Crippen LogP contribution is 2.45. The average Bonchev–Trinajstić information content (AvgIpc) is 3.10. The van der Waals surface area contributed by atoms with E-state index in [1.165, 1.54) is 5.69 Å². The number of ether oxygens (including phenoxy) is 1. The molecule has 1 aliphatic carbocycles. The molecule has 1 saturated heterocycles. The molecule has 1 saturated carbocycles. The Kier molecular flexibility index (Phi) is 2.37. The highest BCUT2D eigenvalue weighted by atomic mass is 16.5. The Balaban J connectivity index is 1.84. The first kappa shape index (κ1) is 10.1. The summed E-state index contributed by atoms with van der Waals surface area (Å²) in [5.41, 5.74) is 1.75. The van der Waals surface area contributed by atoms with E-state index >= 15 is 0 Å². The lowest BCUT2D eigenvalue weighted by molar-refractivity contribution is 0.122. The zero-order valence-corrected chi connectivity index (χ0v) is 9.35. The second kappa shape index (κ2) is 3.75. The quantitative estimate of drug-likeness (QED) is 0.818. The monoisotopic (exact) mass is 219 g/mol. The van der Waals surface area contributed by atoms with Crippen LogP contribution in [0.4, 0.5) is 5.69 Å². The summed E-state index contributed by atoms with van der Waals surface area (Å²) in [4.78, 5) is 2.32. The van der Waals surface area contributed by atoms with Gasteiger partial charge in [-0.05, 0) is 30.5 Å². The lowest BCUT2D eigenvalue weighted by Crippen LogP contribution is -2.36. The van der Waals surface area contributed by atoms with E-state index in [9.17, 15) is 5.11 Å². The molecule has 1 N–H and O–H groups in total. The maximum absolute atomic E-state index is 10.1. The predicted octanol–water partition coefficient (Wildman–Crippen LogP) is 1.50. The molecule has 3 heteroatoms. The van der Waals surface area contributed by atoms with Crippen LogP contribution in [-0.2, 0) is 10.3 Å². The van der Waals surface area contributed by atoms with Crippen LogP contribution in [0.25, 0.3) is 0 Å². The van der Waals surface area contributed by atoms with Crippen LogP contribution in [0.15, 0.2) is 24.3 Å². The molecule has 2 aliphatic rings. The van der Waals surface area contributed by atoms with E-state index in [1.54, 1.807) is 0 Å². The Morgan fingerprint density at radius 3 is 2.62 bits per heavy atom. The molecule has 2 fully saturated rings. The van der Waals surface area contributed by atoms with Gasteiger partial charge in [0.2, 0.25) is 0 Å². The Morgan fingerprint density at radius 2 is 1.94 bits per heavy atom. The largest absolute Gasteiger partial charge is 0.385 e. The summed E-state index contributed by atoms with van der Waals surface area (Å²) in [5, 5.41) is 10.1. The van der Waals surface area contributed by atoms with Gasteiger partial charge in [-0.3, -0.25) is 0 Å². The van der Waals surface area contributed by atoms with E-state index in [-0.39, 0.29) is 0 Å². The number of benzene rings is 1. The minimum atomic E-state index is -0.525. The summed E-state index contributed by atoms with van der Waals surface area (Å²) in [6.45, 7) is 3.49. The third-order valence-electron chi connectivity index (χ3n) is 3.48. The zero-order chi connectivity index (χ0) is 11.0. The standard InChI is InChI=1S/C13H17NO2/c15-13(4-5-13)11-2-1-3-12(10-11)14-6-8-16-9-7-14/h1-3,10,15H,4-9H2. The van der Waals surface area contributed by atoms with Gasteiger partial charge >= 0.3 is 0 Å². The lowest BCUT2D eigenvalue weighted by atomic mass is 10.1. The van der Waals surface area contributed by atoms with Gasteiger partial charge in [0.25, 0.3) is 0 Å². The Hall–Kier alpha value is -1.06. The molecule has 1 aliphatic heterocycles. The van der Waals surface area contributed by atoms with Crippen molar-refractivity contribution in [2.75, 3.05) is 31.2 Å². The van der Waals surface area contributed by atoms with E-state index < -0.39 is 5.60 Å². The molecule has 0 aromatic heterocycles. The number of anilines is 1. The summed E-state index contributed by atoms with van der Waals surface area (Å²) in [6, 6.07) is 8.30. The molecule has 0 atom stereocenters. The number of hydrogen-bond donors (Lipinski definition) is 1. The molecule has 0 amide bonds. The summed E-state index contributed by atoms with van der Waals surface area (Å²) in [5.74, 6) is 0. The number of nitrogens with zero attached hydrogens (tertiary/aromatic N) is 1. The molecule has 1 aromatic carbocycles. The van der Waals surface area contributed by atoms with Crippen molar-refractivity contribution in [3.05, 3.63) is 29.8 Å². The van der Waals surface area contributed by atoms with Crippen LogP contribution in [0.1, 0.15) is 18.4 Å². The molecule has 1 heterocycles. The number of rotatable bonds is 2. The number of morpholine rings is 1. The summed E-state index contributed by atoms with van der Waals surface area (Å²) in [6.07, 6.45) is 1.80. The van der Waals surface area contributed by atoms with Crippen molar-refractivity contribution >= 4 is 5.69 Å². The van der Waals surface area contributed by atoms with Crippen LogP contribution in [-0.4, -0.2) is 31.4 Å². The maximum Gasteiger partial charge on any atom is 0.0899 e. The maximum atomic E-state index is 10.1. The van der Waals surface area contributed by atoms with Crippen molar-refractivity contribution < 1.29 is 9.84 Å². The van der Waals surface area contributed by atoms with Crippen LogP contribution >= 0.6 is 0 Å². The molecule has 0 bridgehead atoms. The van der Waals surface area contributed by atoms with Crippen molar-refractivity contribution in [2.24, 2.45) is 0 Å². The van der Waals surface area contributed by atoms with Crippen molar-refractivity contribution in [2.45, 2.75) is 18.4 Å². The number of hydrogen-bond acceptors (Lipinski definition) is 3. The Labute approximate surface area is 95.6 Å². The van der Waals surface area contributed by atoms with Gasteiger partial charge < -0.3 is 14.7 Å². The fourth-order valence-corrected chi connectivity index (χ4v) is 2.22. The molecule has 86 valence electrons. The third kappa shape index (κ3) is 1.81. The topological polar surface area (TPSA) is 32.7 Å². The van der Waals surface area contributed by atoms with Gasteiger partial charge in [-0.15, -0.1) is 0 Å². The predicted molar refractivity (Wildman–Crippen MR) is 62.6 cm³/mol. The van der Waals surface area contributed by atoms with Crippen molar-refractivity contribution in [1.29, 1.82) is 0 Å². The molecular formula is C13H17NO2. The van der Waals surface area contributed by atoms with E-state index in [0.29, 0.717) is 0 Å². The van der Waals surface area contributed by atoms with Gasteiger partial charge in [0.05, 0.1) is 18.8 Å². The molecule has 0 unspecified atom stereocenters. The Morgan fingerprint density at radius 1 is 1.19 bits per heavy atom. The first-order chi connectivity index (χ1) is 7.78. The van der Waals surface area contributed by atoms with E-state index in [1.807, 2.05) is 12.1 Å². The fourth-order valence-electron chi connectivity index (χ4n) is 2.22. The third-order valence-corrected chi connectivity index (χ3v) is 3.48. The SMILES string of the molecule is OC1(c2cccc(N3CCOCC3)c2)CC1. The molecule has 16 heavy (non-hydrogen) atoms. The minimum Gasteiger partial charge on any atom is -0.385 e. The van der Waals surface area contributed by atoms with E-state index in [4.69, 9.17) is 4.74 Å². The van der Waals surface area contributed by atoms with Gasteiger partial charge in [-0.25, -0.2) is 0 Å². The van der Waals surface area contributed by atoms with E-state index in [2.05, 4.69) is 17.0 Å². The van der Waals surface area contributed by atoms with Crippen LogP contribution in [0.2, 0.25) is 0 Å². The Bertz CT molecular complexity index is 381. The van der Waals surface area contributed by atoms with Crippen molar-refractivity contribution in [1.82, 2.24) is 0 Å². The molecule has 0 spiro atoms. The van der Waals surface area contributed by atoms with Gasteiger partial charge in [0.1, 0.15) is 0 Å². The molecule has 1 aromatic rings. The van der Waals surface area contributed by atoms with Crippen molar-refractivity contribution in [3.8, 4) is 0 Å². The average molecular weight is 219 g/mol. The van der Waals surface area contributed by atoms with Crippen LogP contribution < -0.4 is 4.90 Å². The molecular weight excluding hydrogens is 202 g/mol. The second-order valence-corrected chi connectivity index (χ2v) is 4.68. The lowest BCUT2D eigenvalue weighted by Gasteiger charge is -2.29. The summed E-state index contributed by atoms with van der Waals surface area (Å²) >= 11 is 0. The summed E-state index contributed by atoms with van der Waals surface area (Å²) < 4.78 is 5.34. The highest BCUT2D eigenvalue weighted by molar-refractivity contribution is 5.50. The molecule has 3 nitrogen and oxygen atoms in total. The first-order valence-corrected chi connectivity index (χ1v) is 5.94. The normalized spacial score (nSPS) is 23.2. The van der Waals surface area contributed by atoms with Crippen LogP contribution in [0.3, 0.4) is 0 Å². The first-order valence-electron chi connectivity index (χ1n) is 5.94. The van der Waals surface area contributed by atoms with E-state index in [0.717, 1.165) is 44.7 Å². The molecule has 3 rings (SSSR count). The van der Waals surface area contributed by atoms with Crippen LogP contribution in [0, 0.1) is 0 Å². The number of aliphatic hydroxyl groups is 1. The summed E-state index contributed by atoms with van der Waals surface area (Å²) in [7, 11) is 0. The van der Waals surface area contributed by atoms with Crippen molar-refractivity contribution in [3.63, 3.8) is 0 Å². The van der Waals surface area contributed by atoms with Gasteiger partial charge in [0, 0.05) is 18.8 Å². The van der Waals surface area contributed by atoms with Crippen LogP contribution in [0.5, 0.6) is 0 Å². The van der Waals surface area contributed by atoms with Gasteiger partial charge in [-0.1, -0.05) is 12.1 Å². The zero-order valence-electron chi connectivity index (χ0n) is 9.35. The van der Waals surface area contributed by atoms with Gasteiger partial charge in [-0.2, -0.15) is 0 Å².